The zero-order valence-corrected chi connectivity index (χ0v) is 20.0. The van der Waals surface area contributed by atoms with Crippen molar-refractivity contribution in [1.82, 2.24) is 10.3 Å². The molecule has 0 radical (unpaired) electrons. The van der Waals surface area contributed by atoms with Gasteiger partial charge in [-0.3, -0.25) is 10.1 Å². The Morgan fingerprint density at radius 3 is 2.59 bits per heavy atom. The maximum absolute atomic E-state index is 12.6. The van der Waals surface area contributed by atoms with Crippen molar-refractivity contribution in [2.45, 2.75) is 6.61 Å². The number of carbonyl (C=O) groups is 1. The second kappa shape index (κ2) is 10.5. The van der Waals surface area contributed by atoms with E-state index in [9.17, 15) is 4.79 Å². The molecule has 160 valence electrons. The Morgan fingerprint density at radius 1 is 1.03 bits per heavy atom. The maximum Gasteiger partial charge on any atom is 0.257 e. The Labute approximate surface area is 203 Å². The van der Waals surface area contributed by atoms with Crippen LogP contribution < -0.4 is 15.4 Å². The lowest BCUT2D eigenvalue weighted by molar-refractivity contribution is 0.0977. The third kappa shape index (κ3) is 6.00. The molecule has 0 saturated heterocycles. The molecule has 0 aliphatic rings. The third-order valence-electron chi connectivity index (χ3n) is 4.44. The van der Waals surface area contributed by atoms with Gasteiger partial charge < -0.3 is 10.1 Å². The van der Waals surface area contributed by atoms with Crippen molar-refractivity contribution in [3.05, 3.63) is 99.8 Å². The van der Waals surface area contributed by atoms with Gasteiger partial charge in [0, 0.05) is 21.0 Å². The Balaban J connectivity index is 1.34. The molecule has 0 unspecified atom stereocenters. The van der Waals surface area contributed by atoms with Crippen LogP contribution in [0, 0.1) is 0 Å². The van der Waals surface area contributed by atoms with Crippen molar-refractivity contribution < 1.29 is 9.53 Å². The summed E-state index contributed by atoms with van der Waals surface area (Å²) in [4.78, 5) is 17.1. The smallest absolute Gasteiger partial charge is 0.257 e. The molecule has 1 aromatic heterocycles. The Kier molecular flexibility index (Phi) is 7.26. The van der Waals surface area contributed by atoms with Crippen LogP contribution in [-0.4, -0.2) is 16.0 Å². The third-order valence-corrected chi connectivity index (χ3v) is 5.93. The number of anilines is 1. The Hall–Kier alpha value is -3.07. The van der Waals surface area contributed by atoms with Crippen LogP contribution in [0.1, 0.15) is 15.9 Å². The van der Waals surface area contributed by atoms with Gasteiger partial charge in [0.05, 0.1) is 5.69 Å². The van der Waals surface area contributed by atoms with Crippen LogP contribution in [0.3, 0.4) is 0 Å². The first-order valence-electron chi connectivity index (χ1n) is 9.67. The maximum atomic E-state index is 12.6. The van der Waals surface area contributed by atoms with Gasteiger partial charge in [-0.1, -0.05) is 64.5 Å². The first kappa shape index (κ1) is 22.1. The molecule has 2 N–H and O–H groups in total. The van der Waals surface area contributed by atoms with Crippen LogP contribution in [0.25, 0.3) is 11.3 Å². The zero-order chi connectivity index (χ0) is 22.3. The Morgan fingerprint density at radius 2 is 1.81 bits per heavy atom. The molecule has 3 aromatic carbocycles. The zero-order valence-electron chi connectivity index (χ0n) is 16.7. The van der Waals surface area contributed by atoms with Crippen molar-refractivity contribution in [2.24, 2.45) is 0 Å². The number of aromatic nitrogens is 1. The number of hydrogen-bond acceptors (Lipinski definition) is 5. The lowest BCUT2D eigenvalue weighted by Gasteiger charge is -2.10. The molecule has 8 heteroatoms. The number of benzene rings is 3. The number of halogens is 1. The standard InChI is InChI=1S/C24H18BrN3O2S2/c25-19-11-9-17(10-12-19)21-15-32-24(26-21)28-23(31)27-22(29)18-7-4-8-20(13-18)30-14-16-5-2-1-3-6-16/h1-13,15H,14H2,(H2,26,27,28,29,31). The molecule has 0 aliphatic carbocycles. The largest absolute Gasteiger partial charge is 0.489 e. The molecule has 0 aliphatic heterocycles. The van der Waals surface area contributed by atoms with Crippen molar-refractivity contribution in [3.63, 3.8) is 0 Å². The van der Waals surface area contributed by atoms with Gasteiger partial charge in [-0.2, -0.15) is 0 Å². The van der Waals surface area contributed by atoms with Gasteiger partial charge in [-0.15, -0.1) is 11.3 Å². The van der Waals surface area contributed by atoms with E-state index in [-0.39, 0.29) is 11.0 Å². The molecule has 0 spiro atoms. The number of carbonyl (C=O) groups excluding carboxylic acids is 1. The van der Waals surface area contributed by atoms with Crippen LogP contribution in [0.15, 0.2) is 88.7 Å². The number of thiocarbonyl (C=S) groups is 1. The fourth-order valence-corrected chi connectivity index (χ4v) is 4.10. The molecule has 1 heterocycles. The fraction of sp³-hybridized carbons (Fsp3) is 0.0417. The van der Waals surface area contributed by atoms with Gasteiger partial charge in [0.2, 0.25) is 0 Å². The van der Waals surface area contributed by atoms with E-state index < -0.39 is 0 Å². The van der Waals surface area contributed by atoms with Gasteiger partial charge in [0.1, 0.15) is 12.4 Å². The van der Waals surface area contributed by atoms with Crippen LogP contribution in [0.2, 0.25) is 0 Å². The van der Waals surface area contributed by atoms with E-state index in [2.05, 4.69) is 31.5 Å². The molecular formula is C24H18BrN3O2S2. The number of amides is 1. The highest BCUT2D eigenvalue weighted by Crippen LogP contribution is 2.26. The summed E-state index contributed by atoms with van der Waals surface area (Å²) >= 11 is 10.1. The van der Waals surface area contributed by atoms with Crippen molar-refractivity contribution >= 4 is 55.6 Å². The van der Waals surface area contributed by atoms with Crippen LogP contribution in [0.5, 0.6) is 5.75 Å². The van der Waals surface area contributed by atoms with Gasteiger partial charge >= 0.3 is 0 Å². The van der Waals surface area contributed by atoms with Gasteiger partial charge in [0.15, 0.2) is 10.2 Å². The van der Waals surface area contributed by atoms with Crippen molar-refractivity contribution in [3.8, 4) is 17.0 Å². The molecule has 0 bridgehead atoms. The quantitative estimate of drug-likeness (QED) is 0.291. The van der Waals surface area contributed by atoms with E-state index in [0.717, 1.165) is 21.3 Å². The topological polar surface area (TPSA) is 63.2 Å². The summed E-state index contributed by atoms with van der Waals surface area (Å²) in [5.74, 6) is 0.289. The van der Waals surface area contributed by atoms with E-state index >= 15 is 0 Å². The minimum absolute atomic E-state index is 0.183. The minimum Gasteiger partial charge on any atom is -0.489 e. The minimum atomic E-state index is -0.322. The predicted octanol–water partition coefficient (Wildman–Crippen LogP) is 6.28. The molecule has 1 amide bonds. The van der Waals surface area contributed by atoms with Gasteiger partial charge in [-0.25, -0.2) is 4.98 Å². The fourth-order valence-electron chi connectivity index (χ4n) is 2.86. The summed E-state index contributed by atoms with van der Waals surface area (Å²) in [6.07, 6.45) is 0. The van der Waals surface area contributed by atoms with E-state index in [1.54, 1.807) is 18.2 Å². The van der Waals surface area contributed by atoms with E-state index in [4.69, 9.17) is 17.0 Å². The van der Waals surface area contributed by atoms with Crippen molar-refractivity contribution in [2.75, 3.05) is 5.32 Å². The molecule has 32 heavy (non-hydrogen) atoms. The average Bonchev–Trinajstić information content (AvgIpc) is 3.27. The summed E-state index contributed by atoms with van der Waals surface area (Å²) in [6, 6.07) is 24.7. The van der Waals surface area contributed by atoms with E-state index in [1.807, 2.05) is 66.0 Å². The van der Waals surface area contributed by atoms with E-state index in [1.165, 1.54) is 11.3 Å². The lowest BCUT2D eigenvalue weighted by Crippen LogP contribution is -2.34. The number of ether oxygens (including phenoxy) is 1. The number of nitrogens with one attached hydrogen (secondary N) is 2. The predicted molar refractivity (Wildman–Crippen MR) is 136 cm³/mol. The SMILES string of the molecule is O=C(NC(=S)Nc1nc(-c2ccc(Br)cc2)cs1)c1cccc(OCc2ccccc2)c1. The van der Waals surface area contributed by atoms with E-state index in [0.29, 0.717) is 23.1 Å². The lowest BCUT2D eigenvalue weighted by atomic mass is 10.2. The van der Waals surface area contributed by atoms with Crippen LogP contribution in [-0.2, 0) is 6.61 Å². The van der Waals surface area contributed by atoms with Gasteiger partial charge in [-0.05, 0) is 48.1 Å². The Bertz CT molecular complexity index is 1230. The van der Waals surface area contributed by atoms with Crippen molar-refractivity contribution in [1.29, 1.82) is 0 Å². The first-order valence-corrected chi connectivity index (χ1v) is 11.8. The summed E-state index contributed by atoms with van der Waals surface area (Å²) in [6.45, 7) is 0.427. The molecular weight excluding hydrogens is 506 g/mol. The number of thiazole rings is 1. The molecule has 0 saturated carbocycles. The number of nitrogens with zero attached hydrogens (tertiary/aromatic N) is 1. The highest BCUT2D eigenvalue weighted by Gasteiger charge is 2.11. The van der Waals surface area contributed by atoms with Gasteiger partial charge in [0.25, 0.3) is 5.91 Å². The second-order valence-electron chi connectivity index (χ2n) is 6.76. The van der Waals surface area contributed by atoms with Crippen LogP contribution in [0.4, 0.5) is 5.13 Å². The highest BCUT2D eigenvalue weighted by atomic mass is 79.9. The van der Waals surface area contributed by atoms with Crippen LogP contribution >= 0.6 is 39.5 Å². The molecule has 5 nitrogen and oxygen atoms in total. The second-order valence-corrected chi connectivity index (χ2v) is 8.94. The average molecular weight is 524 g/mol. The summed E-state index contributed by atoms with van der Waals surface area (Å²) in [5, 5.41) is 8.38. The normalized spacial score (nSPS) is 10.4. The first-order chi connectivity index (χ1) is 15.6. The summed E-state index contributed by atoms with van der Waals surface area (Å²) in [5.41, 5.74) is 3.34. The summed E-state index contributed by atoms with van der Waals surface area (Å²) in [7, 11) is 0. The monoisotopic (exact) mass is 523 g/mol. The molecule has 4 aromatic rings. The molecule has 4 rings (SSSR count). The number of hydrogen-bond donors (Lipinski definition) is 2. The molecule has 0 fully saturated rings. The summed E-state index contributed by atoms with van der Waals surface area (Å²) < 4.78 is 6.80. The number of rotatable bonds is 6. The molecule has 0 atom stereocenters. The highest BCUT2D eigenvalue weighted by molar-refractivity contribution is 9.10.